The molecule has 17 atom stereocenters. The number of ether oxygens (including phenoxy) is 10. The van der Waals surface area contributed by atoms with E-state index >= 15 is 0 Å². The van der Waals surface area contributed by atoms with Crippen LogP contribution in [-0.2, 0) is 66.5 Å². The largest absolute Gasteiger partial charge is 0.459 e. The van der Waals surface area contributed by atoms with Gasteiger partial charge in [-0.15, -0.1) is 0 Å². The fraction of sp³-hybridized carbons (Fsp3) is 0.700. The zero-order valence-electron chi connectivity index (χ0n) is 32.5. The second-order valence-corrected chi connectivity index (χ2v) is 16.0. The van der Waals surface area contributed by atoms with Gasteiger partial charge in [0.15, 0.2) is 30.2 Å². The van der Waals surface area contributed by atoms with Crippen LogP contribution >= 0.6 is 0 Å². The van der Waals surface area contributed by atoms with Gasteiger partial charge < -0.3 is 62.7 Å². The lowest BCUT2D eigenvalue weighted by atomic mass is 9.72. The lowest BCUT2D eigenvalue weighted by Gasteiger charge is -2.46. The van der Waals surface area contributed by atoms with Gasteiger partial charge in [-0.2, -0.15) is 0 Å². The van der Waals surface area contributed by atoms with Crippen LogP contribution in [0.3, 0.4) is 0 Å². The Morgan fingerprint density at radius 1 is 0.789 bits per heavy atom. The SMILES string of the molecule is CC(=O)O[C@@H]1[C@@H](O)[C@@H](O[C@H]2[C@H](OC(=O)[C@@H]3CC[C@@H]4[C@H](C3)OC3(CC(OC(=O)/C=C/c5ccccc5)[C@@H](C)CO3)C43CO3)O[C@H](C)[C@@H](OC(C)=O)[C@@H]2O)O[C@H](C)[C@H]1O. The number of esters is 4. The van der Waals surface area contributed by atoms with E-state index in [9.17, 15) is 34.5 Å². The van der Waals surface area contributed by atoms with E-state index in [0.717, 1.165) is 19.4 Å². The van der Waals surface area contributed by atoms with Crippen molar-refractivity contribution in [3.05, 3.63) is 42.0 Å². The molecule has 0 aromatic heterocycles. The molecule has 6 aliphatic rings. The maximum absolute atomic E-state index is 13.9. The third-order valence-electron chi connectivity index (χ3n) is 12.0. The van der Waals surface area contributed by atoms with Crippen LogP contribution in [0.15, 0.2) is 36.4 Å². The number of carbonyl (C=O) groups is 4. The lowest BCUT2D eigenvalue weighted by Crippen LogP contribution is -2.64. The maximum atomic E-state index is 13.9. The van der Waals surface area contributed by atoms with Gasteiger partial charge in [-0.3, -0.25) is 14.4 Å². The molecule has 0 amide bonds. The lowest BCUT2D eigenvalue weighted by molar-refractivity contribution is -0.358. The van der Waals surface area contributed by atoms with E-state index in [0.29, 0.717) is 19.4 Å². The molecule has 57 heavy (non-hydrogen) atoms. The summed E-state index contributed by atoms with van der Waals surface area (Å²) in [5, 5.41) is 33.1. The van der Waals surface area contributed by atoms with Crippen molar-refractivity contribution in [1.29, 1.82) is 0 Å². The first-order chi connectivity index (χ1) is 27.1. The number of aliphatic hydroxyl groups excluding tert-OH is 3. The molecule has 5 aliphatic heterocycles. The highest BCUT2D eigenvalue weighted by molar-refractivity contribution is 5.87. The molecule has 5 saturated heterocycles. The van der Waals surface area contributed by atoms with E-state index in [4.69, 9.17) is 47.4 Å². The average molecular weight is 805 g/mol. The van der Waals surface area contributed by atoms with Gasteiger partial charge in [-0.25, -0.2) is 4.79 Å². The monoisotopic (exact) mass is 804 g/mol. The van der Waals surface area contributed by atoms with E-state index < -0.39 is 115 Å². The second kappa shape index (κ2) is 16.6. The molecule has 0 radical (unpaired) electrons. The Kier molecular flexibility index (Phi) is 12.1. The molecule has 17 nitrogen and oxygen atoms in total. The molecule has 314 valence electrons. The number of hydrogen-bond donors (Lipinski definition) is 3. The minimum Gasteiger partial charge on any atom is -0.459 e. The first-order valence-corrected chi connectivity index (χ1v) is 19.6. The summed E-state index contributed by atoms with van der Waals surface area (Å²) in [7, 11) is 0. The quantitative estimate of drug-likeness (QED) is 0.139. The summed E-state index contributed by atoms with van der Waals surface area (Å²) in [6, 6.07) is 9.42. The molecule has 5 heterocycles. The second-order valence-electron chi connectivity index (χ2n) is 16.0. The molecular formula is C40H52O17. The number of epoxide rings is 1. The minimum atomic E-state index is -1.73. The van der Waals surface area contributed by atoms with Gasteiger partial charge in [0.1, 0.15) is 24.4 Å². The van der Waals surface area contributed by atoms with Gasteiger partial charge in [0, 0.05) is 38.2 Å². The van der Waals surface area contributed by atoms with Crippen molar-refractivity contribution in [3.63, 3.8) is 0 Å². The summed E-state index contributed by atoms with van der Waals surface area (Å²) in [5.74, 6) is -4.72. The third-order valence-corrected chi connectivity index (χ3v) is 12.0. The van der Waals surface area contributed by atoms with Crippen molar-refractivity contribution in [2.75, 3.05) is 13.2 Å². The highest BCUT2D eigenvalue weighted by Crippen LogP contribution is 2.62. The number of benzene rings is 1. The van der Waals surface area contributed by atoms with Crippen molar-refractivity contribution in [2.45, 2.75) is 145 Å². The molecule has 6 fully saturated rings. The Balaban J connectivity index is 1.03. The molecular weight excluding hydrogens is 752 g/mol. The van der Waals surface area contributed by atoms with Crippen LogP contribution in [0.1, 0.15) is 65.9 Å². The first kappa shape index (κ1) is 41.6. The first-order valence-electron chi connectivity index (χ1n) is 19.6. The van der Waals surface area contributed by atoms with Crippen molar-refractivity contribution in [3.8, 4) is 0 Å². The predicted molar refractivity (Wildman–Crippen MR) is 191 cm³/mol. The maximum Gasteiger partial charge on any atom is 0.331 e. The normalized spacial score (nSPS) is 44.0. The molecule has 17 heteroatoms. The van der Waals surface area contributed by atoms with E-state index in [1.54, 1.807) is 6.08 Å². The van der Waals surface area contributed by atoms with E-state index in [2.05, 4.69) is 0 Å². The standard InChI is InChI=1S/C40H52O17/c1-19-17-48-40(16-28(19)54-29(43)14-11-24-9-7-6-8-10-24)39(18-49-39)26-13-12-25(15-27(26)57-40)36(47)56-38-35(31(45)33(21(3)51-38)52-22(4)41)55-37-32(46)34(53-23(5)42)30(44)20(2)50-37/h6-11,14,19-21,25-28,30-35,37-38,44-46H,12-13,15-18H2,1-5H3/b14-11+/t19-,20+,21+,25+,26+,27-,28?,30+,31-,32+,33+,34-,35+,37+,38-,39?,40?/m0/s1. The summed E-state index contributed by atoms with van der Waals surface area (Å²) in [4.78, 5) is 50.5. The third kappa shape index (κ3) is 8.36. The number of carbonyl (C=O) groups excluding carboxylic acids is 4. The molecule has 3 unspecified atom stereocenters. The predicted octanol–water partition coefficient (Wildman–Crippen LogP) is 1.31. The zero-order valence-corrected chi connectivity index (χ0v) is 32.5. The van der Waals surface area contributed by atoms with Gasteiger partial charge in [-0.1, -0.05) is 37.3 Å². The minimum absolute atomic E-state index is 0.106. The average Bonchev–Trinajstić information content (AvgIpc) is 3.94. The summed E-state index contributed by atoms with van der Waals surface area (Å²) in [6.45, 7) is 7.86. The van der Waals surface area contributed by atoms with Crippen molar-refractivity contribution >= 4 is 30.0 Å². The van der Waals surface area contributed by atoms with Gasteiger partial charge in [0.25, 0.3) is 0 Å². The van der Waals surface area contributed by atoms with Gasteiger partial charge >= 0.3 is 23.9 Å². The van der Waals surface area contributed by atoms with Crippen LogP contribution in [0.25, 0.3) is 6.08 Å². The fourth-order valence-electron chi connectivity index (χ4n) is 8.89. The number of hydrogen-bond acceptors (Lipinski definition) is 17. The van der Waals surface area contributed by atoms with Crippen LogP contribution in [-0.4, -0.2) is 137 Å². The van der Waals surface area contributed by atoms with E-state index in [1.807, 2.05) is 37.3 Å². The number of fused-ring (bicyclic) bond motifs is 3. The Hall–Kier alpha value is -3.52. The van der Waals surface area contributed by atoms with Crippen molar-refractivity contribution in [1.82, 2.24) is 0 Å². The van der Waals surface area contributed by atoms with Crippen molar-refractivity contribution < 1.29 is 81.9 Å². The van der Waals surface area contributed by atoms with Crippen LogP contribution < -0.4 is 0 Å². The van der Waals surface area contributed by atoms with E-state index in [1.165, 1.54) is 19.9 Å². The molecule has 0 bridgehead atoms. The Bertz CT molecular complexity index is 1670. The van der Waals surface area contributed by atoms with Crippen LogP contribution in [0.5, 0.6) is 0 Å². The molecule has 7 rings (SSSR count). The van der Waals surface area contributed by atoms with Gasteiger partial charge in [0.2, 0.25) is 12.1 Å². The Morgan fingerprint density at radius 3 is 2.16 bits per heavy atom. The number of aliphatic hydroxyl groups is 3. The van der Waals surface area contributed by atoms with Crippen molar-refractivity contribution in [2.24, 2.45) is 17.8 Å². The van der Waals surface area contributed by atoms with Crippen LogP contribution in [0, 0.1) is 17.8 Å². The summed E-state index contributed by atoms with van der Waals surface area (Å²) < 4.78 is 59.2. The number of rotatable bonds is 9. The Labute approximate surface area is 329 Å². The summed E-state index contributed by atoms with van der Waals surface area (Å²) in [5.41, 5.74) is 0.105. The molecule has 1 saturated carbocycles. The van der Waals surface area contributed by atoms with E-state index in [-0.39, 0.29) is 31.3 Å². The molecule has 2 spiro atoms. The summed E-state index contributed by atoms with van der Waals surface area (Å²) in [6.07, 6.45) is -10.6. The topological polar surface area (TPSA) is 225 Å². The van der Waals surface area contributed by atoms with Crippen LogP contribution in [0.2, 0.25) is 0 Å². The smallest absolute Gasteiger partial charge is 0.331 e. The molecule has 1 aromatic rings. The highest BCUT2D eigenvalue weighted by Gasteiger charge is 2.76. The molecule has 1 aromatic carbocycles. The van der Waals surface area contributed by atoms with Gasteiger partial charge in [0.05, 0.1) is 37.4 Å². The zero-order chi connectivity index (χ0) is 40.8. The fourth-order valence-corrected chi connectivity index (χ4v) is 8.89. The highest BCUT2D eigenvalue weighted by atomic mass is 16.8. The molecule has 1 aliphatic carbocycles. The van der Waals surface area contributed by atoms with Gasteiger partial charge in [-0.05, 0) is 44.7 Å². The Morgan fingerprint density at radius 2 is 1.47 bits per heavy atom. The molecule has 3 N–H and O–H groups in total. The van der Waals surface area contributed by atoms with Crippen LogP contribution in [0.4, 0.5) is 0 Å². The summed E-state index contributed by atoms with van der Waals surface area (Å²) >= 11 is 0.